The molecule has 3 N–H and O–H groups in total. The van der Waals surface area contributed by atoms with Gasteiger partial charge in [-0.25, -0.2) is 9.97 Å². The van der Waals surface area contributed by atoms with Crippen LogP contribution in [-0.2, 0) is 25.7 Å². The number of carbonyl (C=O) groups excluding carboxylic acids is 1. The first-order valence-corrected chi connectivity index (χ1v) is 14.5. The van der Waals surface area contributed by atoms with Gasteiger partial charge in [0.05, 0.1) is 34.6 Å². The maximum atomic E-state index is 13.4. The van der Waals surface area contributed by atoms with Crippen LogP contribution in [0, 0.1) is 6.92 Å². The number of nitrogens with zero attached hydrogens (tertiary/aromatic N) is 2. The normalized spacial score (nSPS) is 20.9. The van der Waals surface area contributed by atoms with Crippen LogP contribution in [0.3, 0.4) is 0 Å². The number of halogens is 1. The third kappa shape index (κ3) is 6.06. The Balaban J connectivity index is 1.53. The van der Waals surface area contributed by atoms with Crippen molar-refractivity contribution in [2.45, 2.75) is 47.7 Å². The number of aliphatic hydroxyl groups excluding tert-OH is 1. The van der Waals surface area contributed by atoms with Gasteiger partial charge >= 0.3 is 10.3 Å². The highest BCUT2D eigenvalue weighted by Gasteiger charge is 2.36. The monoisotopic (exact) mass is 570 g/mol. The van der Waals surface area contributed by atoms with Gasteiger partial charge in [-0.3, -0.25) is 8.98 Å². The van der Waals surface area contributed by atoms with Gasteiger partial charge in [-0.15, -0.1) is 11.3 Å². The summed E-state index contributed by atoms with van der Waals surface area (Å²) < 4.78 is 43.2. The lowest BCUT2D eigenvalue weighted by Crippen LogP contribution is -2.40. The number of ketones is 1. The number of hydrogen-bond donors (Lipinski definition) is 3. The molecule has 1 aromatic carbocycles. The van der Waals surface area contributed by atoms with Gasteiger partial charge in [0.2, 0.25) is 5.78 Å². The summed E-state index contributed by atoms with van der Waals surface area (Å²) in [5.74, 6) is -0.0956. The molecule has 3 aromatic rings. The smallest absolute Gasteiger partial charge is 0.335 e. The van der Waals surface area contributed by atoms with Crippen LogP contribution in [0.15, 0.2) is 52.6 Å². The summed E-state index contributed by atoms with van der Waals surface area (Å²) in [6.07, 6.45) is 2.21. The van der Waals surface area contributed by atoms with E-state index in [1.807, 2.05) is 0 Å². The van der Waals surface area contributed by atoms with Crippen molar-refractivity contribution in [3.8, 4) is 0 Å². The van der Waals surface area contributed by atoms with Gasteiger partial charge in [0.15, 0.2) is 9.79 Å². The quantitative estimate of drug-likeness (QED) is 0.260. The van der Waals surface area contributed by atoms with E-state index in [1.165, 1.54) is 23.9 Å². The summed E-state index contributed by atoms with van der Waals surface area (Å²) in [5.41, 5.74) is 0.203. The Morgan fingerprint density at radius 1 is 1.33 bits per heavy atom. The molecule has 4 rings (SSSR count). The molecule has 1 aliphatic carbocycles. The lowest BCUT2D eigenvalue weighted by Gasteiger charge is -2.16. The second kappa shape index (κ2) is 11.1. The van der Waals surface area contributed by atoms with Crippen LogP contribution < -0.4 is 10.0 Å². The van der Waals surface area contributed by atoms with E-state index in [0.717, 1.165) is 12.0 Å². The lowest BCUT2D eigenvalue weighted by atomic mass is 10.1. The van der Waals surface area contributed by atoms with E-state index in [4.69, 9.17) is 11.6 Å². The number of carbonyl (C=O) groups is 1. The minimum absolute atomic E-state index is 0.203. The first-order chi connectivity index (χ1) is 17.1. The average molecular weight is 571 g/mol. The molecule has 1 saturated carbocycles. The standard InChI is InChI=1S/C22H23ClN4O6S3/c1-12-20(35(30)15-5-3-4-13(23)6-15)9-19(34-12)21(29)16-10-24-11-25-22(16)26-14-7-17(18(28)8-14)27-36(31,32)33-2/h3-6,9-11,14,17-18,27-28H,7-8H2,1-2H3,(H,24,25,26)/t14-,17-,18+,35-/m1/s1. The van der Waals surface area contributed by atoms with Crippen molar-refractivity contribution >= 4 is 56.0 Å². The molecule has 36 heavy (non-hydrogen) atoms. The molecule has 2 aromatic heterocycles. The molecule has 0 aliphatic heterocycles. The first kappa shape index (κ1) is 26.9. The summed E-state index contributed by atoms with van der Waals surface area (Å²) >= 11 is 5.74. The molecule has 192 valence electrons. The van der Waals surface area contributed by atoms with E-state index in [9.17, 15) is 22.9 Å². The maximum Gasteiger partial charge on any atom is 0.335 e. The molecule has 1 aliphatic rings. The summed E-state index contributed by atoms with van der Waals surface area (Å²) in [7, 11) is -2.94. The van der Waals surface area contributed by atoms with E-state index in [-0.39, 0.29) is 36.0 Å². The third-order valence-corrected chi connectivity index (χ3v) is 9.60. The Morgan fingerprint density at radius 3 is 2.83 bits per heavy atom. The molecule has 0 radical (unpaired) electrons. The summed E-state index contributed by atoms with van der Waals surface area (Å²) in [6, 6.07) is 7.24. The summed E-state index contributed by atoms with van der Waals surface area (Å²) in [5, 5.41) is 13.9. The van der Waals surface area contributed by atoms with E-state index < -0.39 is 33.6 Å². The average Bonchev–Trinajstić information content (AvgIpc) is 3.40. The Bertz CT molecular complexity index is 1370. The zero-order chi connectivity index (χ0) is 26.0. The number of benzene rings is 1. The van der Waals surface area contributed by atoms with Gasteiger partial charge in [-0.1, -0.05) is 17.7 Å². The van der Waals surface area contributed by atoms with Gasteiger partial charge < -0.3 is 15.0 Å². The van der Waals surface area contributed by atoms with Crippen molar-refractivity contribution in [1.82, 2.24) is 14.7 Å². The summed E-state index contributed by atoms with van der Waals surface area (Å²) in [4.78, 5) is 23.7. The molecule has 0 bridgehead atoms. The predicted molar refractivity (Wildman–Crippen MR) is 136 cm³/mol. The molecule has 10 nitrogen and oxygen atoms in total. The van der Waals surface area contributed by atoms with Crippen molar-refractivity contribution in [3.05, 3.63) is 63.2 Å². The molecule has 0 saturated heterocycles. The van der Waals surface area contributed by atoms with Gasteiger partial charge in [-0.05, 0) is 31.9 Å². The number of anilines is 1. The maximum absolute atomic E-state index is 13.4. The third-order valence-electron chi connectivity index (χ3n) is 5.65. The number of hydrogen-bond acceptors (Lipinski definition) is 10. The van der Waals surface area contributed by atoms with Crippen molar-refractivity contribution < 1.29 is 27.1 Å². The van der Waals surface area contributed by atoms with Gasteiger partial charge in [0.1, 0.15) is 12.1 Å². The highest BCUT2D eigenvalue weighted by molar-refractivity contribution is 7.91. The predicted octanol–water partition coefficient (Wildman–Crippen LogP) is 2.68. The first-order valence-electron chi connectivity index (χ1n) is 10.7. The second-order valence-corrected chi connectivity index (χ2v) is 12.7. The molecule has 4 atom stereocenters. The molecule has 14 heteroatoms. The van der Waals surface area contributed by atoms with Crippen molar-refractivity contribution in [3.63, 3.8) is 0 Å². The Hall–Kier alpha value is -2.10. The van der Waals surface area contributed by atoms with Crippen molar-refractivity contribution in [2.75, 3.05) is 12.4 Å². The Morgan fingerprint density at radius 2 is 2.11 bits per heavy atom. The van der Waals surface area contributed by atoms with E-state index in [2.05, 4.69) is 24.2 Å². The number of rotatable bonds is 9. The minimum atomic E-state index is -3.97. The molecule has 1 fully saturated rings. The highest BCUT2D eigenvalue weighted by atomic mass is 35.5. The number of thiophene rings is 1. The minimum Gasteiger partial charge on any atom is -0.606 e. The number of aryl methyl sites for hydroxylation is 1. The largest absolute Gasteiger partial charge is 0.606 e. The van der Waals surface area contributed by atoms with Crippen LogP contribution in [-0.4, -0.2) is 59.1 Å². The molecule has 2 heterocycles. The molecular weight excluding hydrogens is 548 g/mol. The van der Waals surface area contributed by atoms with Crippen LogP contribution in [0.25, 0.3) is 0 Å². The number of nitrogens with one attached hydrogen (secondary N) is 2. The van der Waals surface area contributed by atoms with Crippen LogP contribution >= 0.6 is 22.9 Å². The summed E-state index contributed by atoms with van der Waals surface area (Å²) in [6.45, 7) is 1.79. The van der Waals surface area contributed by atoms with E-state index in [1.54, 1.807) is 37.3 Å². The molecule has 0 spiro atoms. The van der Waals surface area contributed by atoms with Crippen molar-refractivity contribution in [1.29, 1.82) is 0 Å². The van der Waals surface area contributed by atoms with Crippen LogP contribution in [0.4, 0.5) is 5.82 Å². The van der Waals surface area contributed by atoms with Crippen LogP contribution in [0.1, 0.15) is 33.0 Å². The number of aromatic nitrogens is 2. The highest BCUT2D eigenvalue weighted by Crippen LogP contribution is 2.33. The second-order valence-electron chi connectivity index (χ2n) is 8.10. The fourth-order valence-corrected chi connectivity index (χ4v) is 7.35. The zero-order valence-electron chi connectivity index (χ0n) is 19.2. The molecular formula is C22H23ClN4O6S3. The fourth-order valence-electron chi connectivity index (χ4n) is 3.90. The molecule has 0 unspecified atom stereocenters. The van der Waals surface area contributed by atoms with Crippen LogP contribution in [0.2, 0.25) is 5.02 Å². The Kier molecular flexibility index (Phi) is 8.32. The fraction of sp³-hybridized carbons (Fsp3) is 0.318. The van der Waals surface area contributed by atoms with Gasteiger partial charge in [0.25, 0.3) is 0 Å². The van der Waals surface area contributed by atoms with E-state index >= 15 is 0 Å². The number of aliphatic hydroxyl groups is 1. The van der Waals surface area contributed by atoms with Crippen molar-refractivity contribution in [2.24, 2.45) is 0 Å². The topological polar surface area (TPSA) is 154 Å². The zero-order valence-corrected chi connectivity index (χ0v) is 22.4. The molecule has 0 amide bonds. The van der Waals surface area contributed by atoms with Gasteiger partial charge in [0, 0.05) is 40.6 Å². The lowest BCUT2D eigenvalue weighted by molar-refractivity contribution is 0.104. The Labute approximate surface area is 220 Å². The SMILES string of the molecule is COS(=O)(=O)N[C@@H]1C[C@@H](Nc2ncncc2C(=O)c2cc([S@+]([O-])c3cccc(Cl)c3)c(C)s2)C[C@@H]1O. The van der Waals surface area contributed by atoms with Crippen LogP contribution in [0.5, 0.6) is 0 Å². The van der Waals surface area contributed by atoms with E-state index in [0.29, 0.717) is 19.7 Å². The van der Waals surface area contributed by atoms with Gasteiger partial charge in [-0.2, -0.15) is 13.1 Å².